The largest absolute Gasteiger partial charge is 0.396 e. The first-order chi connectivity index (χ1) is 8.04. The lowest BCUT2D eigenvalue weighted by Crippen LogP contribution is -2.59. The molecule has 4 nitrogen and oxygen atoms in total. The molecule has 1 unspecified atom stereocenters. The van der Waals surface area contributed by atoms with Gasteiger partial charge in [-0.25, -0.2) is 0 Å². The summed E-state index contributed by atoms with van der Waals surface area (Å²) in [5, 5.41) is 12.3. The second-order valence-electron chi connectivity index (χ2n) is 5.73. The summed E-state index contributed by atoms with van der Waals surface area (Å²) in [5.41, 5.74) is 5.91. The molecule has 0 radical (unpaired) electrons. The SMILES string of the molecule is CC1(C)CC(CN)(NCCCCCO)CCO1. The van der Waals surface area contributed by atoms with Gasteiger partial charge in [0, 0.05) is 25.3 Å². The molecular formula is C13H28N2O2. The van der Waals surface area contributed by atoms with E-state index in [4.69, 9.17) is 15.6 Å². The van der Waals surface area contributed by atoms with Gasteiger partial charge in [0.15, 0.2) is 0 Å². The van der Waals surface area contributed by atoms with Gasteiger partial charge in [0.05, 0.1) is 5.60 Å². The molecule has 0 aromatic rings. The number of hydrogen-bond acceptors (Lipinski definition) is 4. The molecule has 0 saturated carbocycles. The van der Waals surface area contributed by atoms with E-state index < -0.39 is 0 Å². The Balaban J connectivity index is 2.35. The lowest BCUT2D eigenvalue weighted by molar-refractivity contribution is -0.0857. The highest BCUT2D eigenvalue weighted by Crippen LogP contribution is 2.31. The summed E-state index contributed by atoms with van der Waals surface area (Å²) in [6, 6.07) is 0. The quantitative estimate of drug-likeness (QED) is 0.585. The van der Waals surface area contributed by atoms with Crippen molar-refractivity contribution < 1.29 is 9.84 Å². The fourth-order valence-electron chi connectivity index (χ4n) is 2.64. The summed E-state index contributed by atoms with van der Waals surface area (Å²) in [5.74, 6) is 0. The van der Waals surface area contributed by atoms with Crippen molar-refractivity contribution in [2.45, 2.75) is 57.1 Å². The lowest BCUT2D eigenvalue weighted by atomic mass is 9.81. The maximum atomic E-state index is 8.72. The van der Waals surface area contributed by atoms with Crippen LogP contribution in [0.3, 0.4) is 0 Å². The molecule has 1 atom stereocenters. The van der Waals surface area contributed by atoms with Crippen molar-refractivity contribution in [1.82, 2.24) is 5.32 Å². The highest BCUT2D eigenvalue weighted by atomic mass is 16.5. The zero-order valence-corrected chi connectivity index (χ0v) is 11.3. The van der Waals surface area contributed by atoms with E-state index in [9.17, 15) is 0 Å². The first-order valence-electron chi connectivity index (χ1n) is 6.74. The van der Waals surface area contributed by atoms with E-state index in [1.807, 2.05) is 0 Å². The number of aliphatic hydroxyl groups is 1. The zero-order valence-electron chi connectivity index (χ0n) is 11.3. The molecular weight excluding hydrogens is 216 g/mol. The molecule has 0 aromatic carbocycles. The van der Waals surface area contributed by atoms with Crippen LogP contribution in [0, 0.1) is 0 Å². The normalized spacial score (nSPS) is 28.2. The third kappa shape index (κ3) is 4.92. The maximum Gasteiger partial charge on any atom is 0.0644 e. The predicted molar refractivity (Wildman–Crippen MR) is 70.0 cm³/mol. The fourth-order valence-corrected chi connectivity index (χ4v) is 2.64. The van der Waals surface area contributed by atoms with E-state index in [0.717, 1.165) is 45.3 Å². The van der Waals surface area contributed by atoms with Gasteiger partial charge in [-0.05, 0) is 52.5 Å². The molecule has 1 fully saturated rings. The molecule has 1 aliphatic heterocycles. The van der Waals surface area contributed by atoms with E-state index >= 15 is 0 Å². The van der Waals surface area contributed by atoms with Gasteiger partial charge in [-0.2, -0.15) is 0 Å². The Kier molecular flexibility index (Phi) is 5.86. The number of unbranched alkanes of at least 4 members (excludes halogenated alkanes) is 2. The first-order valence-corrected chi connectivity index (χ1v) is 6.74. The van der Waals surface area contributed by atoms with Crippen LogP contribution in [0.5, 0.6) is 0 Å². The second kappa shape index (κ2) is 6.69. The average Bonchev–Trinajstić information content (AvgIpc) is 2.27. The van der Waals surface area contributed by atoms with Crippen LogP contribution in [0.1, 0.15) is 46.0 Å². The number of rotatable bonds is 7. The minimum Gasteiger partial charge on any atom is -0.396 e. The van der Waals surface area contributed by atoms with Crippen LogP contribution in [-0.2, 0) is 4.74 Å². The average molecular weight is 244 g/mol. The van der Waals surface area contributed by atoms with Gasteiger partial charge in [-0.15, -0.1) is 0 Å². The highest BCUT2D eigenvalue weighted by molar-refractivity contribution is 4.97. The van der Waals surface area contributed by atoms with E-state index in [1.54, 1.807) is 0 Å². The van der Waals surface area contributed by atoms with Crippen LogP contribution in [-0.4, -0.2) is 42.5 Å². The molecule has 1 rings (SSSR count). The second-order valence-corrected chi connectivity index (χ2v) is 5.73. The minimum atomic E-state index is -0.0737. The van der Waals surface area contributed by atoms with Gasteiger partial charge < -0.3 is 20.9 Å². The Morgan fingerprint density at radius 1 is 1.29 bits per heavy atom. The van der Waals surface area contributed by atoms with Gasteiger partial charge in [0.1, 0.15) is 0 Å². The standard InChI is InChI=1S/C13H28N2O2/c1-12(2)10-13(11-14,6-9-17-12)15-7-4-3-5-8-16/h15-16H,3-11,14H2,1-2H3. The number of ether oxygens (including phenoxy) is 1. The summed E-state index contributed by atoms with van der Waals surface area (Å²) >= 11 is 0. The van der Waals surface area contributed by atoms with Crippen molar-refractivity contribution in [2.24, 2.45) is 5.73 Å². The molecule has 0 aromatic heterocycles. The topological polar surface area (TPSA) is 67.5 Å². The maximum absolute atomic E-state index is 8.72. The van der Waals surface area contributed by atoms with Crippen molar-refractivity contribution in [2.75, 3.05) is 26.3 Å². The molecule has 0 amide bonds. The van der Waals surface area contributed by atoms with Crippen molar-refractivity contribution in [3.05, 3.63) is 0 Å². The molecule has 1 heterocycles. The van der Waals surface area contributed by atoms with Gasteiger partial charge >= 0.3 is 0 Å². The van der Waals surface area contributed by atoms with E-state index in [2.05, 4.69) is 19.2 Å². The molecule has 1 aliphatic rings. The summed E-state index contributed by atoms with van der Waals surface area (Å²) < 4.78 is 5.74. The molecule has 0 spiro atoms. The van der Waals surface area contributed by atoms with Gasteiger partial charge in [-0.3, -0.25) is 0 Å². The van der Waals surface area contributed by atoms with Crippen LogP contribution >= 0.6 is 0 Å². The third-order valence-electron chi connectivity index (χ3n) is 3.56. The van der Waals surface area contributed by atoms with E-state index in [-0.39, 0.29) is 11.1 Å². The van der Waals surface area contributed by atoms with Gasteiger partial charge in [-0.1, -0.05) is 0 Å². The van der Waals surface area contributed by atoms with Crippen molar-refractivity contribution in [3.8, 4) is 0 Å². The Hall–Kier alpha value is -0.160. The Morgan fingerprint density at radius 3 is 2.65 bits per heavy atom. The van der Waals surface area contributed by atoms with Crippen LogP contribution in [0.2, 0.25) is 0 Å². The van der Waals surface area contributed by atoms with E-state index in [0.29, 0.717) is 13.2 Å². The van der Waals surface area contributed by atoms with Gasteiger partial charge in [0.2, 0.25) is 0 Å². The summed E-state index contributed by atoms with van der Waals surface area (Å²) in [6.07, 6.45) is 5.03. The van der Waals surface area contributed by atoms with E-state index in [1.165, 1.54) is 0 Å². The van der Waals surface area contributed by atoms with Gasteiger partial charge in [0.25, 0.3) is 0 Å². The summed E-state index contributed by atoms with van der Waals surface area (Å²) in [4.78, 5) is 0. The molecule has 1 saturated heterocycles. The van der Waals surface area contributed by atoms with Crippen LogP contribution in [0.4, 0.5) is 0 Å². The highest BCUT2D eigenvalue weighted by Gasteiger charge is 2.39. The first kappa shape index (κ1) is 14.9. The van der Waals surface area contributed by atoms with Crippen LogP contribution in [0.15, 0.2) is 0 Å². The summed E-state index contributed by atoms with van der Waals surface area (Å²) in [6.45, 7) is 6.98. The third-order valence-corrected chi connectivity index (χ3v) is 3.56. The molecule has 0 aliphatic carbocycles. The molecule has 17 heavy (non-hydrogen) atoms. The molecule has 0 bridgehead atoms. The molecule has 4 N–H and O–H groups in total. The van der Waals surface area contributed by atoms with Crippen molar-refractivity contribution >= 4 is 0 Å². The predicted octanol–water partition coefficient (Wildman–Crippen LogP) is 1.03. The minimum absolute atomic E-state index is 0.0426. The van der Waals surface area contributed by atoms with Crippen LogP contribution in [0.25, 0.3) is 0 Å². The Morgan fingerprint density at radius 2 is 2.06 bits per heavy atom. The number of hydrogen-bond donors (Lipinski definition) is 3. The fraction of sp³-hybridized carbons (Fsp3) is 1.00. The number of aliphatic hydroxyl groups excluding tert-OH is 1. The zero-order chi connectivity index (χ0) is 12.8. The molecule has 102 valence electrons. The smallest absolute Gasteiger partial charge is 0.0644 e. The Labute approximate surface area is 105 Å². The Bertz CT molecular complexity index is 221. The van der Waals surface area contributed by atoms with Crippen molar-refractivity contribution in [1.29, 1.82) is 0 Å². The van der Waals surface area contributed by atoms with Crippen molar-refractivity contribution in [3.63, 3.8) is 0 Å². The number of nitrogens with two attached hydrogens (primary N) is 1. The lowest BCUT2D eigenvalue weighted by Gasteiger charge is -2.45. The van der Waals surface area contributed by atoms with Crippen LogP contribution < -0.4 is 11.1 Å². The monoisotopic (exact) mass is 244 g/mol. The number of nitrogens with one attached hydrogen (secondary N) is 1. The molecule has 4 heteroatoms. The summed E-state index contributed by atoms with van der Waals surface area (Å²) in [7, 11) is 0.